The van der Waals surface area contributed by atoms with Gasteiger partial charge in [0, 0.05) is 0 Å². The zero-order chi connectivity index (χ0) is 13.5. The molecule has 0 radical (unpaired) electrons. The molecule has 0 atom stereocenters. The maximum absolute atomic E-state index is 5.00. The van der Waals surface area contributed by atoms with E-state index in [1.807, 2.05) is 0 Å². The van der Waals surface area contributed by atoms with Gasteiger partial charge in [-0.1, -0.05) is 64.5 Å². The van der Waals surface area contributed by atoms with Crippen LogP contribution in [0.1, 0.15) is 71.1 Å². The van der Waals surface area contributed by atoms with Crippen LogP contribution in [0.3, 0.4) is 0 Å². The van der Waals surface area contributed by atoms with Gasteiger partial charge in [-0.15, -0.1) is 6.58 Å². The molecule has 1 saturated carbocycles. The molecule has 0 spiro atoms. The van der Waals surface area contributed by atoms with Crippen molar-refractivity contribution in [2.24, 2.45) is 5.92 Å². The summed E-state index contributed by atoms with van der Waals surface area (Å²) in [5.41, 5.74) is 0. The van der Waals surface area contributed by atoms with Crippen LogP contribution in [0.5, 0.6) is 0 Å². The highest BCUT2D eigenvalue weighted by Crippen LogP contribution is 2.24. The number of hydrogen-bond acceptors (Lipinski definition) is 1. The second kappa shape index (κ2) is 14.3. The Morgan fingerprint density at radius 1 is 1.00 bits per heavy atom. The van der Waals surface area contributed by atoms with Crippen molar-refractivity contribution in [2.75, 3.05) is 6.61 Å². The fourth-order valence-electron chi connectivity index (χ4n) is 2.24. The van der Waals surface area contributed by atoms with E-state index in [0.717, 1.165) is 12.5 Å². The number of ether oxygens (including phenoxy) is 1. The first-order chi connectivity index (χ1) is 8.85. The molecule has 0 unspecified atom stereocenters. The lowest BCUT2D eigenvalue weighted by Crippen LogP contribution is -1.87. The van der Waals surface area contributed by atoms with Crippen molar-refractivity contribution in [3.63, 3.8) is 0 Å². The van der Waals surface area contributed by atoms with Gasteiger partial charge in [0.1, 0.15) is 0 Å². The second-order valence-electron chi connectivity index (χ2n) is 5.09. The molecule has 1 nitrogen and oxygen atoms in total. The minimum absolute atomic E-state index is 0.843. The standard InChI is InChI=1S/C10H20O.C7H12/c1-3-5-6-7-8-9-10-11-4-2;1-2-7-5-3-4-6-7/h4H,2-3,5-10H2,1H3;2,7H,1,3-6H2. The zero-order valence-corrected chi connectivity index (χ0v) is 12.3. The Morgan fingerprint density at radius 3 is 2.11 bits per heavy atom. The SMILES string of the molecule is C=CC1CCCC1.C=COCCCCCCCC. The van der Waals surface area contributed by atoms with E-state index < -0.39 is 0 Å². The minimum atomic E-state index is 0.843. The molecule has 1 heteroatoms. The lowest BCUT2D eigenvalue weighted by molar-refractivity contribution is 0.241. The van der Waals surface area contributed by atoms with Gasteiger partial charge in [0.2, 0.25) is 0 Å². The van der Waals surface area contributed by atoms with E-state index in [1.54, 1.807) is 0 Å². The van der Waals surface area contributed by atoms with Gasteiger partial charge in [-0.05, 0) is 25.2 Å². The summed E-state index contributed by atoms with van der Waals surface area (Å²) in [6, 6.07) is 0. The fourth-order valence-corrected chi connectivity index (χ4v) is 2.24. The number of allylic oxidation sites excluding steroid dienone is 1. The maximum atomic E-state index is 5.00. The van der Waals surface area contributed by atoms with E-state index in [0.29, 0.717) is 0 Å². The second-order valence-corrected chi connectivity index (χ2v) is 5.09. The van der Waals surface area contributed by atoms with Crippen LogP contribution in [0.25, 0.3) is 0 Å². The predicted molar refractivity (Wildman–Crippen MR) is 81.7 cm³/mol. The average molecular weight is 252 g/mol. The summed E-state index contributed by atoms with van der Waals surface area (Å²) in [5.74, 6) is 0.861. The van der Waals surface area contributed by atoms with E-state index in [2.05, 4.69) is 26.2 Å². The van der Waals surface area contributed by atoms with Gasteiger partial charge in [0.15, 0.2) is 0 Å². The molecule has 0 aromatic carbocycles. The van der Waals surface area contributed by atoms with Gasteiger partial charge in [-0.2, -0.15) is 0 Å². The van der Waals surface area contributed by atoms with Crippen LogP contribution in [0.15, 0.2) is 25.5 Å². The Balaban J connectivity index is 0.000000351. The van der Waals surface area contributed by atoms with Crippen molar-refractivity contribution in [1.29, 1.82) is 0 Å². The summed E-state index contributed by atoms with van der Waals surface area (Å²) in [4.78, 5) is 0. The molecule has 0 heterocycles. The fraction of sp³-hybridized carbons (Fsp3) is 0.765. The number of rotatable bonds is 9. The van der Waals surface area contributed by atoms with Crippen LogP contribution in [-0.4, -0.2) is 6.61 Å². The van der Waals surface area contributed by atoms with Gasteiger partial charge in [-0.3, -0.25) is 0 Å². The predicted octanol–water partition coefficient (Wildman–Crippen LogP) is 5.87. The normalized spacial score (nSPS) is 14.7. The Morgan fingerprint density at radius 2 is 1.61 bits per heavy atom. The van der Waals surface area contributed by atoms with Crippen LogP contribution in [0, 0.1) is 5.92 Å². The van der Waals surface area contributed by atoms with Gasteiger partial charge >= 0.3 is 0 Å². The maximum Gasteiger partial charge on any atom is 0.0873 e. The van der Waals surface area contributed by atoms with Crippen molar-refractivity contribution in [2.45, 2.75) is 71.1 Å². The monoisotopic (exact) mass is 252 g/mol. The van der Waals surface area contributed by atoms with E-state index in [-0.39, 0.29) is 0 Å². The third kappa shape index (κ3) is 11.8. The highest BCUT2D eigenvalue weighted by atomic mass is 16.5. The molecule has 0 N–H and O–H groups in total. The zero-order valence-electron chi connectivity index (χ0n) is 12.3. The lowest BCUT2D eigenvalue weighted by atomic mass is 10.1. The summed E-state index contributed by atoms with van der Waals surface area (Å²) in [7, 11) is 0. The topological polar surface area (TPSA) is 9.23 Å². The van der Waals surface area contributed by atoms with Crippen molar-refractivity contribution in [3.8, 4) is 0 Å². The first-order valence-corrected chi connectivity index (χ1v) is 7.70. The van der Waals surface area contributed by atoms with Crippen molar-refractivity contribution < 1.29 is 4.74 Å². The third-order valence-corrected chi connectivity index (χ3v) is 3.47. The Kier molecular flexibility index (Phi) is 13.8. The van der Waals surface area contributed by atoms with E-state index in [1.165, 1.54) is 70.5 Å². The van der Waals surface area contributed by atoms with Crippen LogP contribution >= 0.6 is 0 Å². The molecule has 1 aliphatic carbocycles. The van der Waals surface area contributed by atoms with E-state index in [4.69, 9.17) is 4.74 Å². The molecule has 1 rings (SSSR count). The van der Waals surface area contributed by atoms with Crippen LogP contribution in [0.2, 0.25) is 0 Å². The molecule has 106 valence electrons. The molecule has 0 aromatic heterocycles. The van der Waals surface area contributed by atoms with Gasteiger partial charge in [0.05, 0.1) is 12.9 Å². The minimum Gasteiger partial charge on any atom is -0.502 e. The van der Waals surface area contributed by atoms with Crippen molar-refractivity contribution >= 4 is 0 Å². The highest BCUT2D eigenvalue weighted by Gasteiger charge is 2.09. The molecule has 1 aliphatic rings. The van der Waals surface area contributed by atoms with Gasteiger partial charge in [-0.25, -0.2) is 0 Å². The molecule has 0 saturated heterocycles. The van der Waals surface area contributed by atoms with Gasteiger partial charge < -0.3 is 4.74 Å². The quantitative estimate of drug-likeness (QED) is 0.283. The molecule has 0 aromatic rings. The molecule has 0 bridgehead atoms. The van der Waals surface area contributed by atoms with Crippen molar-refractivity contribution in [1.82, 2.24) is 0 Å². The van der Waals surface area contributed by atoms with E-state index >= 15 is 0 Å². The molecular formula is C17H32O. The van der Waals surface area contributed by atoms with Crippen LogP contribution < -0.4 is 0 Å². The first kappa shape index (κ1) is 17.3. The Hall–Kier alpha value is -0.720. The third-order valence-electron chi connectivity index (χ3n) is 3.47. The summed E-state index contributed by atoms with van der Waals surface area (Å²) in [5, 5.41) is 0. The molecular weight excluding hydrogens is 220 g/mol. The summed E-state index contributed by atoms with van der Waals surface area (Å²) < 4.78 is 5.00. The number of unbranched alkanes of at least 4 members (excludes halogenated alkanes) is 5. The Labute approximate surface area is 114 Å². The van der Waals surface area contributed by atoms with Gasteiger partial charge in [0.25, 0.3) is 0 Å². The summed E-state index contributed by atoms with van der Waals surface area (Å²) in [6.07, 6.45) is 17.2. The lowest BCUT2D eigenvalue weighted by Gasteiger charge is -1.99. The van der Waals surface area contributed by atoms with Crippen molar-refractivity contribution in [3.05, 3.63) is 25.5 Å². The molecule has 18 heavy (non-hydrogen) atoms. The van der Waals surface area contributed by atoms with E-state index in [9.17, 15) is 0 Å². The van der Waals surface area contributed by atoms with Crippen LogP contribution in [-0.2, 0) is 4.74 Å². The summed E-state index contributed by atoms with van der Waals surface area (Å²) in [6.45, 7) is 10.3. The smallest absolute Gasteiger partial charge is 0.0873 e. The largest absolute Gasteiger partial charge is 0.502 e. The average Bonchev–Trinajstić information content (AvgIpc) is 2.92. The summed E-state index contributed by atoms with van der Waals surface area (Å²) >= 11 is 0. The molecule has 0 amide bonds. The molecule has 0 aliphatic heterocycles. The first-order valence-electron chi connectivity index (χ1n) is 7.70. The molecule has 1 fully saturated rings. The Bertz CT molecular complexity index is 180. The number of hydrogen-bond donors (Lipinski definition) is 0. The van der Waals surface area contributed by atoms with Crippen LogP contribution in [0.4, 0.5) is 0 Å². The highest BCUT2D eigenvalue weighted by molar-refractivity contribution is 4.82.